The van der Waals surface area contributed by atoms with Gasteiger partial charge in [-0.1, -0.05) is 54.6 Å². The number of carbonyl (C=O) groups excluding carboxylic acids is 2. The minimum Gasteiger partial charge on any atom is -0.480 e. The molecule has 180 valence electrons. The number of carboxylic acid groups (broad SMARTS) is 1. The van der Waals surface area contributed by atoms with Crippen LogP contribution in [-0.4, -0.2) is 49.4 Å². The lowest BCUT2D eigenvalue weighted by Crippen LogP contribution is -2.44. The molecule has 3 N–H and O–H groups in total. The zero-order valence-electron chi connectivity index (χ0n) is 18.8. The smallest absolute Gasteiger partial charge is 0.411 e. The molecule has 4 rings (SSSR count). The van der Waals surface area contributed by atoms with Crippen LogP contribution in [0, 0.1) is 5.82 Å². The fourth-order valence-corrected chi connectivity index (χ4v) is 4.13. The second-order valence-corrected chi connectivity index (χ2v) is 7.94. The van der Waals surface area contributed by atoms with Gasteiger partial charge in [0.05, 0.1) is 17.9 Å². The summed E-state index contributed by atoms with van der Waals surface area (Å²) in [6.45, 7) is -0.251. The summed E-state index contributed by atoms with van der Waals surface area (Å²) in [6.07, 6.45) is -0.883. The van der Waals surface area contributed by atoms with E-state index in [1.54, 1.807) is 0 Å². The molecule has 0 spiro atoms. The molecule has 8 nitrogen and oxygen atoms in total. The number of ether oxygens (including phenoxy) is 2. The number of hydrogen-bond donors (Lipinski definition) is 3. The van der Waals surface area contributed by atoms with E-state index in [9.17, 15) is 18.8 Å². The van der Waals surface area contributed by atoms with Crippen molar-refractivity contribution >= 4 is 23.7 Å². The average Bonchev–Trinajstić information content (AvgIpc) is 3.17. The lowest BCUT2D eigenvalue weighted by atomic mass is 9.98. The molecule has 9 heteroatoms. The normalized spacial score (nSPS) is 12.9. The molecular weight excluding hydrogens is 455 g/mol. The van der Waals surface area contributed by atoms with Crippen molar-refractivity contribution in [2.75, 3.05) is 25.6 Å². The monoisotopic (exact) mass is 478 g/mol. The van der Waals surface area contributed by atoms with Crippen molar-refractivity contribution in [1.82, 2.24) is 5.32 Å². The third-order valence-corrected chi connectivity index (χ3v) is 5.76. The van der Waals surface area contributed by atoms with Crippen LogP contribution in [-0.2, 0) is 14.3 Å². The second-order valence-electron chi connectivity index (χ2n) is 7.94. The van der Waals surface area contributed by atoms with E-state index in [2.05, 4.69) is 10.6 Å². The third kappa shape index (κ3) is 4.99. The number of benzene rings is 3. The molecule has 3 aromatic carbocycles. The largest absolute Gasteiger partial charge is 0.480 e. The summed E-state index contributed by atoms with van der Waals surface area (Å²) in [5.41, 5.74) is 3.54. The first-order chi connectivity index (χ1) is 16.9. The van der Waals surface area contributed by atoms with Gasteiger partial charge in [-0.15, -0.1) is 0 Å². The Morgan fingerprint density at radius 2 is 1.60 bits per heavy atom. The van der Waals surface area contributed by atoms with E-state index in [1.165, 1.54) is 25.3 Å². The number of nitrogens with one attached hydrogen (secondary N) is 2. The Balaban J connectivity index is 1.44. The van der Waals surface area contributed by atoms with Crippen molar-refractivity contribution in [3.8, 4) is 11.1 Å². The Labute approximate surface area is 200 Å². The molecule has 0 unspecified atom stereocenters. The Bertz CT molecular complexity index is 1230. The van der Waals surface area contributed by atoms with Crippen LogP contribution in [0.5, 0.6) is 0 Å². The van der Waals surface area contributed by atoms with Crippen molar-refractivity contribution in [1.29, 1.82) is 0 Å². The van der Waals surface area contributed by atoms with Crippen molar-refractivity contribution in [2.45, 2.75) is 12.0 Å². The van der Waals surface area contributed by atoms with E-state index < -0.39 is 35.4 Å². The fourth-order valence-electron chi connectivity index (χ4n) is 4.13. The molecule has 0 heterocycles. The highest BCUT2D eigenvalue weighted by Crippen LogP contribution is 2.44. The van der Waals surface area contributed by atoms with Crippen molar-refractivity contribution in [3.05, 3.63) is 89.2 Å². The number of methoxy groups -OCH3 is 1. The minimum absolute atomic E-state index is 0.0406. The van der Waals surface area contributed by atoms with Crippen LogP contribution in [0.15, 0.2) is 66.7 Å². The highest BCUT2D eigenvalue weighted by molar-refractivity contribution is 5.98. The van der Waals surface area contributed by atoms with Gasteiger partial charge in [0.2, 0.25) is 0 Å². The SMILES string of the molecule is COC[C@H](NC(=O)c1cccc(NC(=O)OCC2c3ccccc3-c3ccccc32)c1F)C(=O)O. The maximum Gasteiger partial charge on any atom is 0.411 e. The van der Waals surface area contributed by atoms with Crippen LogP contribution in [0.25, 0.3) is 11.1 Å². The Morgan fingerprint density at radius 1 is 0.971 bits per heavy atom. The van der Waals surface area contributed by atoms with E-state index in [0.29, 0.717) is 0 Å². The summed E-state index contributed by atoms with van der Waals surface area (Å²) in [6, 6.07) is 18.2. The zero-order valence-corrected chi connectivity index (χ0v) is 18.8. The molecule has 0 aromatic heterocycles. The van der Waals surface area contributed by atoms with E-state index in [4.69, 9.17) is 14.6 Å². The number of halogens is 1. The molecule has 0 bridgehead atoms. The molecule has 2 amide bonds. The van der Waals surface area contributed by atoms with Gasteiger partial charge in [-0.3, -0.25) is 10.1 Å². The first-order valence-corrected chi connectivity index (χ1v) is 10.8. The second kappa shape index (κ2) is 10.4. The number of fused-ring (bicyclic) bond motifs is 3. The molecule has 0 radical (unpaired) electrons. The predicted molar refractivity (Wildman–Crippen MR) is 126 cm³/mol. The third-order valence-electron chi connectivity index (χ3n) is 5.76. The quantitative estimate of drug-likeness (QED) is 0.451. The first kappa shape index (κ1) is 23.9. The summed E-state index contributed by atoms with van der Waals surface area (Å²) < 4.78 is 25.1. The Kier molecular flexibility index (Phi) is 7.07. The number of rotatable bonds is 8. The number of carbonyl (C=O) groups is 3. The van der Waals surface area contributed by atoms with Crippen molar-refractivity contribution in [2.24, 2.45) is 0 Å². The molecule has 3 aromatic rings. The van der Waals surface area contributed by atoms with Gasteiger partial charge in [-0.25, -0.2) is 14.0 Å². The molecule has 0 saturated carbocycles. The van der Waals surface area contributed by atoms with Gasteiger partial charge in [0.1, 0.15) is 6.61 Å². The van der Waals surface area contributed by atoms with Crippen LogP contribution in [0.2, 0.25) is 0 Å². The van der Waals surface area contributed by atoms with E-state index >= 15 is 0 Å². The lowest BCUT2D eigenvalue weighted by molar-refractivity contribution is -0.140. The van der Waals surface area contributed by atoms with Gasteiger partial charge in [-0.2, -0.15) is 0 Å². The van der Waals surface area contributed by atoms with Crippen LogP contribution in [0.1, 0.15) is 27.4 Å². The summed E-state index contributed by atoms with van der Waals surface area (Å²) in [4.78, 5) is 36.1. The summed E-state index contributed by atoms with van der Waals surface area (Å²) in [7, 11) is 1.28. The molecular formula is C26H23FN2O6. The molecule has 0 aliphatic heterocycles. The maximum absolute atomic E-state index is 14.9. The molecule has 1 aliphatic carbocycles. The van der Waals surface area contributed by atoms with E-state index in [1.807, 2.05) is 48.5 Å². The molecule has 1 atom stereocenters. The zero-order chi connectivity index (χ0) is 24.9. The predicted octanol–water partition coefficient (Wildman–Crippen LogP) is 4.02. The minimum atomic E-state index is -1.36. The van der Waals surface area contributed by atoms with Crippen LogP contribution < -0.4 is 10.6 Å². The lowest BCUT2D eigenvalue weighted by Gasteiger charge is -2.16. The van der Waals surface area contributed by atoms with Gasteiger partial charge >= 0.3 is 12.1 Å². The van der Waals surface area contributed by atoms with Crippen molar-refractivity contribution in [3.63, 3.8) is 0 Å². The summed E-state index contributed by atoms with van der Waals surface area (Å²) in [5, 5.41) is 13.7. The first-order valence-electron chi connectivity index (χ1n) is 10.8. The van der Waals surface area contributed by atoms with Gasteiger partial charge in [0.25, 0.3) is 5.91 Å². The van der Waals surface area contributed by atoms with Gasteiger partial charge < -0.3 is 19.9 Å². The highest BCUT2D eigenvalue weighted by atomic mass is 19.1. The topological polar surface area (TPSA) is 114 Å². The Hall–Kier alpha value is -4.24. The van der Waals surface area contributed by atoms with Crippen LogP contribution in [0.4, 0.5) is 14.9 Å². The van der Waals surface area contributed by atoms with E-state index in [0.717, 1.165) is 22.3 Å². The number of anilines is 1. The summed E-state index contributed by atoms with van der Waals surface area (Å²) >= 11 is 0. The number of amides is 2. The highest BCUT2D eigenvalue weighted by Gasteiger charge is 2.29. The summed E-state index contributed by atoms with van der Waals surface area (Å²) in [5.74, 6) is -3.46. The molecule has 0 saturated heterocycles. The standard InChI is InChI=1S/C26H23FN2O6/c1-34-14-22(25(31)32)28-24(30)19-11-6-12-21(23(19)27)29-26(33)35-13-20-17-9-4-2-7-15(17)16-8-3-5-10-18(16)20/h2-12,20,22H,13-14H2,1H3,(H,28,30)(H,29,33)(H,31,32)/t22-/m0/s1. The maximum atomic E-state index is 14.9. The number of aliphatic carboxylic acids is 1. The molecule has 1 aliphatic rings. The Morgan fingerprint density at radius 3 is 2.20 bits per heavy atom. The van der Waals surface area contributed by atoms with Gasteiger partial charge in [0, 0.05) is 13.0 Å². The van der Waals surface area contributed by atoms with Crippen molar-refractivity contribution < 1.29 is 33.4 Å². The van der Waals surface area contributed by atoms with Crippen LogP contribution in [0.3, 0.4) is 0 Å². The fraction of sp³-hybridized carbons (Fsp3) is 0.192. The van der Waals surface area contributed by atoms with E-state index in [-0.39, 0.29) is 24.8 Å². The van der Waals surface area contributed by atoms with Crippen LogP contribution >= 0.6 is 0 Å². The van der Waals surface area contributed by atoms with Gasteiger partial charge in [0.15, 0.2) is 11.9 Å². The van der Waals surface area contributed by atoms with Gasteiger partial charge in [-0.05, 0) is 34.4 Å². The number of carboxylic acids is 1. The molecule has 0 fully saturated rings. The number of hydrogen-bond acceptors (Lipinski definition) is 5. The average molecular weight is 478 g/mol. The molecule has 35 heavy (non-hydrogen) atoms.